The zero-order valence-electron chi connectivity index (χ0n) is 23.6. The fourth-order valence-electron chi connectivity index (χ4n) is 3.68. The van der Waals surface area contributed by atoms with Crippen molar-refractivity contribution in [2.45, 2.75) is 26.4 Å². The van der Waals surface area contributed by atoms with E-state index in [1.165, 1.54) is 46.9 Å². The standard InChI is InChI=1S/C28H37N3O8S/c1-8-10-20(9-2)19-38-24(32)18-30-25(33)22-12-11-21(17-23(22)26(30)34)31(40(7)36)14-13-29(15-16-37-6)27(35)39-28(3,4)5/h8-12,17H,1-2,13-16,18-19H2,3-7H3/b20-10+. The molecule has 3 amide bonds. The third-order valence-electron chi connectivity index (χ3n) is 5.62. The predicted molar refractivity (Wildman–Crippen MR) is 152 cm³/mol. The lowest BCUT2D eigenvalue weighted by Gasteiger charge is -2.29. The number of benzene rings is 1. The maximum absolute atomic E-state index is 13.1. The van der Waals surface area contributed by atoms with Crippen LogP contribution < -0.4 is 4.31 Å². The summed E-state index contributed by atoms with van der Waals surface area (Å²) in [5, 5.41) is 0. The van der Waals surface area contributed by atoms with Gasteiger partial charge in [-0.1, -0.05) is 31.4 Å². The number of rotatable bonds is 14. The molecule has 0 aromatic heterocycles. The molecule has 11 nitrogen and oxygen atoms in total. The molecule has 1 aliphatic rings. The van der Waals surface area contributed by atoms with Crippen LogP contribution in [0.4, 0.5) is 10.5 Å². The highest BCUT2D eigenvalue weighted by Crippen LogP contribution is 2.28. The summed E-state index contributed by atoms with van der Waals surface area (Å²) in [6, 6.07) is 4.48. The number of anilines is 1. The molecule has 0 radical (unpaired) electrons. The summed E-state index contributed by atoms with van der Waals surface area (Å²) in [5.74, 6) is -2.06. The number of ether oxygens (including phenoxy) is 3. The van der Waals surface area contributed by atoms with E-state index < -0.39 is 47.0 Å². The molecule has 0 spiro atoms. The van der Waals surface area contributed by atoms with E-state index in [4.69, 9.17) is 14.2 Å². The monoisotopic (exact) mass is 575 g/mol. The summed E-state index contributed by atoms with van der Waals surface area (Å²) >= 11 is 0. The van der Waals surface area contributed by atoms with Gasteiger partial charge in [0.1, 0.15) is 29.7 Å². The smallest absolute Gasteiger partial charge is 0.410 e. The van der Waals surface area contributed by atoms with Crippen molar-refractivity contribution < 1.29 is 37.6 Å². The number of carbonyl (C=O) groups excluding carboxylic acids is 4. The SMILES string of the molecule is C=C/C=C(\C=C)COC(=O)CN1C(=O)c2ccc(N(CCN(CCOC)C(=O)OC(C)(C)C)S(C)=O)cc2C1=O. The van der Waals surface area contributed by atoms with Gasteiger partial charge in [0, 0.05) is 33.0 Å². The van der Waals surface area contributed by atoms with Crippen LogP contribution in [0.15, 0.2) is 55.2 Å². The lowest BCUT2D eigenvalue weighted by molar-refractivity contribution is -0.142. The van der Waals surface area contributed by atoms with Gasteiger partial charge < -0.3 is 19.1 Å². The molecule has 0 bridgehead atoms. The second-order valence-corrected chi connectivity index (χ2v) is 11.0. The fourth-order valence-corrected chi connectivity index (χ4v) is 4.43. The lowest BCUT2D eigenvalue weighted by Crippen LogP contribution is -2.43. The number of allylic oxidation sites excluding steroid dienone is 2. The Hall–Kier alpha value is -3.77. The number of esters is 1. The van der Waals surface area contributed by atoms with Crippen LogP contribution in [-0.4, -0.2) is 96.2 Å². The Bertz CT molecular complexity index is 1200. The number of hydrogen-bond donors (Lipinski definition) is 0. The van der Waals surface area contributed by atoms with Gasteiger partial charge in [-0.2, -0.15) is 0 Å². The van der Waals surface area contributed by atoms with E-state index in [2.05, 4.69) is 13.2 Å². The highest BCUT2D eigenvalue weighted by Gasteiger charge is 2.37. The number of carbonyl (C=O) groups is 4. The van der Waals surface area contributed by atoms with Gasteiger partial charge in [0.2, 0.25) is 0 Å². The molecule has 218 valence electrons. The number of amides is 3. The molecule has 1 aliphatic heterocycles. The van der Waals surface area contributed by atoms with E-state index in [1.807, 2.05) is 0 Å². The third kappa shape index (κ3) is 8.88. The largest absolute Gasteiger partial charge is 0.459 e. The quantitative estimate of drug-likeness (QED) is 0.188. The van der Waals surface area contributed by atoms with Gasteiger partial charge in [0.05, 0.1) is 23.4 Å². The molecular weight excluding hydrogens is 538 g/mol. The second-order valence-electron chi connectivity index (χ2n) is 9.75. The second kappa shape index (κ2) is 14.6. The van der Waals surface area contributed by atoms with Gasteiger partial charge in [-0.15, -0.1) is 0 Å². The summed E-state index contributed by atoms with van der Waals surface area (Å²) in [5.41, 5.74) is 0.517. The first-order valence-electron chi connectivity index (χ1n) is 12.5. The van der Waals surface area contributed by atoms with E-state index in [-0.39, 0.29) is 44.0 Å². The maximum atomic E-state index is 13.1. The summed E-state index contributed by atoms with van der Waals surface area (Å²) in [7, 11) is -0.0154. The number of imide groups is 1. The van der Waals surface area contributed by atoms with E-state index >= 15 is 0 Å². The number of methoxy groups -OCH3 is 1. The van der Waals surface area contributed by atoms with Crippen LogP contribution in [-0.2, 0) is 30.0 Å². The van der Waals surface area contributed by atoms with Crippen LogP contribution in [0.25, 0.3) is 0 Å². The third-order valence-corrected chi connectivity index (χ3v) is 6.64. The average Bonchev–Trinajstić information content (AvgIpc) is 3.11. The predicted octanol–water partition coefficient (Wildman–Crippen LogP) is 3.11. The molecule has 0 N–H and O–H groups in total. The Labute approximate surface area is 237 Å². The van der Waals surface area contributed by atoms with Crippen LogP contribution >= 0.6 is 0 Å². The van der Waals surface area contributed by atoms with Gasteiger partial charge in [0.25, 0.3) is 11.8 Å². The number of fused-ring (bicyclic) bond motifs is 1. The summed E-state index contributed by atoms with van der Waals surface area (Å²) < 4.78 is 29.9. The highest BCUT2D eigenvalue weighted by molar-refractivity contribution is 7.85. The van der Waals surface area contributed by atoms with E-state index in [0.29, 0.717) is 11.3 Å². The van der Waals surface area contributed by atoms with E-state index in [1.54, 1.807) is 32.9 Å². The van der Waals surface area contributed by atoms with Crippen molar-refractivity contribution in [1.29, 1.82) is 0 Å². The van der Waals surface area contributed by atoms with Crippen LogP contribution in [0.5, 0.6) is 0 Å². The fraction of sp³-hybridized carbons (Fsp3) is 0.429. The zero-order chi connectivity index (χ0) is 30.0. The van der Waals surface area contributed by atoms with Crippen LogP contribution in [0, 0.1) is 0 Å². The Morgan fingerprint density at radius 2 is 1.75 bits per heavy atom. The molecule has 0 fully saturated rings. The minimum absolute atomic E-state index is 0.0764. The Morgan fingerprint density at radius 3 is 2.33 bits per heavy atom. The van der Waals surface area contributed by atoms with Crippen LogP contribution in [0.3, 0.4) is 0 Å². The Morgan fingerprint density at radius 1 is 1.07 bits per heavy atom. The normalized spacial score (nSPS) is 13.9. The average molecular weight is 576 g/mol. The Balaban J connectivity index is 2.18. The van der Waals surface area contributed by atoms with Crippen molar-refractivity contribution in [1.82, 2.24) is 9.80 Å². The molecule has 1 aromatic rings. The van der Waals surface area contributed by atoms with E-state index in [0.717, 1.165) is 4.90 Å². The van der Waals surface area contributed by atoms with Gasteiger partial charge in [-0.3, -0.25) is 23.6 Å². The molecule has 0 aliphatic carbocycles. The van der Waals surface area contributed by atoms with Crippen molar-refractivity contribution in [3.05, 3.63) is 66.3 Å². The lowest BCUT2D eigenvalue weighted by atomic mass is 10.1. The first-order valence-corrected chi connectivity index (χ1v) is 14.0. The maximum Gasteiger partial charge on any atom is 0.410 e. The molecule has 2 rings (SSSR count). The molecule has 0 saturated carbocycles. The minimum Gasteiger partial charge on any atom is -0.459 e. The van der Waals surface area contributed by atoms with Crippen molar-refractivity contribution >= 4 is 40.5 Å². The molecule has 12 heteroatoms. The summed E-state index contributed by atoms with van der Waals surface area (Å²) in [6.45, 7) is 12.7. The topological polar surface area (TPSA) is 123 Å². The van der Waals surface area contributed by atoms with Gasteiger partial charge in [-0.25, -0.2) is 9.00 Å². The number of hydrogen-bond acceptors (Lipinski definition) is 8. The van der Waals surface area contributed by atoms with Crippen molar-refractivity contribution in [2.24, 2.45) is 0 Å². The van der Waals surface area contributed by atoms with Crippen LogP contribution in [0.2, 0.25) is 0 Å². The van der Waals surface area contributed by atoms with Gasteiger partial charge in [-0.05, 0) is 44.5 Å². The Kier molecular flexibility index (Phi) is 11.8. The van der Waals surface area contributed by atoms with Gasteiger partial charge >= 0.3 is 12.1 Å². The minimum atomic E-state index is -1.53. The number of nitrogens with zero attached hydrogens (tertiary/aromatic N) is 3. The van der Waals surface area contributed by atoms with Crippen molar-refractivity contribution in [3.8, 4) is 0 Å². The first kappa shape index (κ1) is 32.4. The molecular formula is C28H37N3O8S. The molecule has 1 atom stereocenters. The summed E-state index contributed by atoms with van der Waals surface area (Å²) in [4.78, 5) is 53.2. The summed E-state index contributed by atoms with van der Waals surface area (Å²) in [6.07, 6.45) is 5.58. The molecule has 1 heterocycles. The van der Waals surface area contributed by atoms with Crippen LogP contribution in [0.1, 0.15) is 41.5 Å². The first-order chi connectivity index (χ1) is 18.8. The molecule has 1 aromatic carbocycles. The van der Waals surface area contributed by atoms with Gasteiger partial charge in [0.15, 0.2) is 0 Å². The molecule has 40 heavy (non-hydrogen) atoms. The highest BCUT2D eigenvalue weighted by atomic mass is 32.2. The molecule has 0 saturated heterocycles. The molecule has 1 unspecified atom stereocenters. The van der Waals surface area contributed by atoms with Crippen molar-refractivity contribution in [3.63, 3.8) is 0 Å². The van der Waals surface area contributed by atoms with E-state index in [9.17, 15) is 23.4 Å². The van der Waals surface area contributed by atoms with Crippen molar-refractivity contribution in [2.75, 3.05) is 57.1 Å². The zero-order valence-corrected chi connectivity index (χ0v) is 24.5.